The second kappa shape index (κ2) is 8.48. The van der Waals surface area contributed by atoms with Gasteiger partial charge in [-0.25, -0.2) is 0 Å². The highest BCUT2D eigenvalue weighted by atomic mass is 79.9. The van der Waals surface area contributed by atoms with Gasteiger partial charge in [0.25, 0.3) is 5.91 Å². The molecule has 4 nitrogen and oxygen atoms in total. The van der Waals surface area contributed by atoms with E-state index in [2.05, 4.69) is 21.2 Å². The third-order valence-corrected chi connectivity index (χ3v) is 3.77. The zero-order chi connectivity index (χ0) is 16.7. The van der Waals surface area contributed by atoms with Crippen LogP contribution in [0, 0.1) is 6.92 Å². The van der Waals surface area contributed by atoms with E-state index in [-0.39, 0.29) is 31.4 Å². The number of halogens is 1. The third kappa shape index (κ3) is 5.87. The molecule has 5 heteroatoms. The van der Waals surface area contributed by atoms with Gasteiger partial charge in [0.15, 0.2) is 0 Å². The van der Waals surface area contributed by atoms with Crippen molar-refractivity contribution < 1.29 is 14.3 Å². The summed E-state index contributed by atoms with van der Waals surface area (Å²) in [4.78, 5) is 23.5. The second-order valence-corrected chi connectivity index (χ2v) is 6.07. The Hall–Kier alpha value is -2.14. The van der Waals surface area contributed by atoms with Crippen LogP contribution in [0.3, 0.4) is 0 Å². The number of hydrogen-bond donors (Lipinski definition) is 1. The summed E-state index contributed by atoms with van der Waals surface area (Å²) in [6, 6.07) is 14.8. The first-order valence-electron chi connectivity index (χ1n) is 7.29. The molecular formula is C18H18BrNO3. The highest BCUT2D eigenvalue weighted by molar-refractivity contribution is 9.10. The molecule has 0 radical (unpaired) electrons. The van der Waals surface area contributed by atoms with Crippen LogP contribution in [-0.4, -0.2) is 18.4 Å². The second-order valence-electron chi connectivity index (χ2n) is 5.16. The summed E-state index contributed by atoms with van der Waals surface area (Å²) in [5.74, 6) is -0.537. The maximum atomic E-state index is 11.9. The van der Waals surface area contributed by atoms with Crippen LogP contribution < -0.4 is 5.32 Å². The van der Waals surface area contributed by atoms with Gasteiger partial charge in [-0.3, -0.25) is 9.59 Å². The Morgan fingerprint density at radius 2 is 1.70 bits per heavy atom. The minimum absolute atomic E-state index is 0.147. The van der Waals surface area contributed by atoms with E-state index in [0.29, 0.717) is 5.56 Å². The van der Waals surface area contributed by atoms with Gasteiger partial charge < -0.3 is 10.1 Å². The molecule has 120 valence electrons. The fraction of sp³-hybridized carbons (Fsp3) is 0.222. The Labute approximate surface area is 144 Å². The van der Waals surface area contributed by atoms with Gasteiger partial charge in [-0.05, 0) is 36.8 Å². The van der Waals surface area contributed by atoms with Gasteiger partial charge in [-0.1, -0.05) is 45.8 Å². The predicted molar refractivity (Wildman–Crippen MR) is 92.1 cm³/mol. The van der Waals surface area contributed by atoms with E-state index >= 15 is 0 Å². The summed E-state index contributed by atoms with van der Waals surface area (Å²) in [6.45, 7) is 2.51. The van der Waals surface area contributed by atoms with Crippen molar-refractivity contribution in [1.29, 1.82) is 0 Å². The van der Waals surface area contributed by atoms with E-state index in [0.717, 1.165) is 15.6 Å². The van der Waals surface area contributed by atoms with E-state index in [1.54, 1.807) is 24.3 Å². The average molecular weight is 376 g/mol. The van der Waals surface area contributed by atoms with Crippen LogP contribution in [0.4, 0.5) is 0 Å². The molecule has 0 atom stereocenters. The fourth-order valence-corrected chi connectivity index (χ4v) is 2.17. The molecule has 0 aromatic heterocycles. The number of nitrogens with one attached hydrogen (secondary N) is 1. The Balaban J connectivity index is 1.69. The van der Waals surface area contributed by atoms with Gasteiger partial charge in [0.05, 0.1) is 6.42 Å². The standard InChI is InChI=1S/C18H18BrNO3/c1-13-2-4-14(5-3-13)12-23-17(21)10-11-20-18(22)15-6-8-16(19)9-7-15/h2-9H,10-12H2,1H3,(H,20,22). The number of rotatable bonds is 6. The van der Waals surface area contributed by atoms with Crippen molar-refractivity contribution in [2.45, 2.75) is 20.0 Å². The normalized spacial score (nSPS) is 10.2. The Morgan fingerprint density at radius 3 is 2.35 bits per heavy atom. The van der Waals surface area contributed by atoms with Crippen molar-refractivity contribution in [3.8, 4) is 0 Å². The monoisotopic (exact) mass is 375 g/mol. The van der Waals surface area contributed by atoms with Gasteiger partial charge in [0.2, 0.25) is 0 Å². The molecule has 1 N–H and O–H groups in total. The van der Waals surface area contributed by atoms with Crippen LogP contribution in [0.5, 0.6) is 0 Å². The van der Waals surface area contributed by atoms with Crippen LogP contribution in [0.2, 0.25) is 0 Å². The van der Waals surface area contributed by atoms with E-state index in [1.807, 2.05) is 31.2 Å². The van der Waals surface area contributed by atoms with Crippen LogP contribution in [0.25, 0.3) is 0 Å². The molecule has 2 aromatic carbocycles. The molecule has 2 rings (SSSR count). The lowest BCUT2D eigenvalue weighted by Gasteiger charge is -2.07. The highest BCUT2D eigenvalue weighted by Gasteiger charge is 2.07. The molecule has 0 aliphatic heterocycles. The van der Waals surface area contributed by atoms with Crippen molar-refractivity contribution >= 4 is 27.8 Å². The van der Waals surface area contributed by atoms with E-state index in [4.69, 9.17) is 4.74 Å². The smallest absolute Gasteiger partial charge is 0.307 e. The van der Waals surface area contributed by atoms with Crippen molar-refractivity contribution in [1.82, 2.24) is 5.32 Å². The largest absolute Gasteiger partial charge is 0.461 e. The highest BCUT2D eigenvalue weighted by Crippen LogP contribution is 2.10. The van der Waals surface area contributed by atoms with E-state index in [9.17, 15) is 9.59 Å². The van der Waals surface area contributed by atoms with Crippen molar-refractivity contribution in [3.63, 3.8) is 0 Å². The van der Waals surface area contributed by atoms with E-state index < -0.39 is 0 Å². The molecule has 0 aliphatic rings. The van der Waals surface area contributed by atoms with Gasteiger partial charge in [-0.2, -0.15) is 0 Å². The molecule has 0 aliphatic carbocycles. The first-order chi connectivity index (χ1) is 11.0. The first kappa shape index (κ1) is 17.2. The van der Waals surface area contributed by atoms with Crippen molar-refractivity contribution in [2.24, 2.45) is 0 Å². The molecule has 1 amide bonds. The molecule has 0 spiro atoms. The Bertz CT molecular complexity index is 666. The summed E-state index contributed by atoms with van der Waals surface area (Å²) in [6.07, 6.45) is 0.147. The summed E-state index contributed by atoms with van der Waals surface area (Å²) < 4.78 is 6.09. The minimum Gasteiger partial charge on any atom is -0.461 e. The molecule has 0 unspecified atom stereocenters. The molecular weight excluding hydrogens is 358 g/mol. The van der Waals surface area contributed by atoms with Gasteiger partial charge in [-0.15, -0.1) is 0 Å². The van der Waals surface area contributed by atoms with E-state index in [1.165, 1.54) is 0 Å². The summed E-state index contributed by atoms with van der Waals surface area (Å²) in [5.41, 5.74) is 2.67. The molecule has 0 bridgehead atoms. The van der Waals surface area contributed by atoms with Crippen LogP contribution in [0.15, 0.2) is 53.0 Å². The third-order valence-electron chi connectivity index (χ3n) is 3.24. The molecule has 0 fully saturated rings. The van der Waals surface area contributed by atoms with Gasteiger partial charge in [0, 0.05) is 16.6 Å². The number of aryl methyl sites for hydroxylation is 1. The van der Waals surface area contributed by atoms with Crippen molar-refractivity contribution in [2.75, 3.05) is 6.54 Å². The number of benzene rings is 2. The number of amides is 1. The topological polar surface area (TPSA) is 55.4 Å². The van der Waals surface area contributed by atoms with Crippen LogP contribution >= 0.6 is 15.9 Å². The summed E-state index contributed by atoms with van der Waals surface area (Å²) >= 11 is 3.31. The maximum absolute atomic E-state index is 11.9. The van der Waals surface area contributed by atoms with Gasteiger partial charge >= 0.3 is 5.97 Å². The Kier molecular flexibility index (Phi) is 6.35. The zero-order valence-electron chi connectivity index (χ0n) is 12.8. The summed E-state index contributed by atoms with van der Waals surface area (Å²) in [7, 11) is 0. The number of ether oxygens (including phenoxy) is 1. The first-order valence-corrected chi connectivity index (χ1v) is 8.09. The maximum Gasteiger partial charge on any atom is 0.307 e. The molecule has 0 saturated heterocycles. The minimum atomic E-state index is -0.332. The molecule has 23 heavy (non-hydrogen) atoms. The molecule has 0 saturated carbocycles. The predicted octanol–water partition coefficient (Wildman–Crippen LogP) is 3.62. The van der Waals surface area contributed by atoms with Gasteiger partial charge in [0.1, 0.15) is 6.61 Å². The number of carbonyl (C=O) groups is 2. The fourth-order valence-electron chi connectivity index (χ4n) is 1.90. The summed E-state index contributed by atoms with van der Waals surface area (Å²) in [5, 5.41) is 2.70. The SMILES string of the molecule is Cc1ccc(COC(=O)CCNC(=O)c2ccc(Br)cc2)cc1. The number of esters is 1. The number of hydrogen-bond acceptors (Lipinski definition) is 3. The lowest BCUT2D eigenvalue weighted by atomic mass is 10.2. The lowest BCUT2D eigenvalue weighted by molar-refractivity contribution is -0.144. The molecule has 2 aromatic rings. The average Bonchev–Trinajstić information content (AvgIpc) is 2.55. The molecule has 0 heterocycles. The quantitative estimate of drug-likeness (QED) is 0.784. The van der Waals surface area contributed by atoms with Crippen molar-refractivity contribution in [3.05, 3.63) is 69.7 Å². The zero-order valence-corrected chi connectivity index (χ0v) is 14.4. The van der Waals surface area contributed by atoms with Crippen LogP contribution in [-0.2, 0) is 16.1 Å². The Morgan fingerprint density at radius 1 is 1.04 bits per heavy atom. The number of carbonyl (C=O) groups excluding carboxylic acids is 2. The lowest BCUT2D eigenvalue weighted by Crippen LogP contribution is -2.26. The van der Waals surface area contributed by atoms with Crippen LogP contribution in [0.1, 0.15) is 27.9 Å².